The lowest BCUT2D eigenvalue weighted by molar-refractivity contribution is 0.581. The molecule has 0 radical (unpaired) electrons. The quantitative estimate of drug-likeness (QED) is 0.828. The normalized spacial score (nSPS) is 11.3. The first kappa shape index (κ1) is 15.6. The third kappa shape index (κ3) is 3.87. The van der Waals surface area contributed by atoms with Crippen molar-refractivity contribution in [3.8, 4) is 0 Å². The van der Waals surface area contributed by atoms with Gasteiger partial charge in [-0.1, -0.05) is 48.6 Å². The Kier molecular flexibility index (Phi) is 4.72. The van der Waals surface area contributed by atoms with Crippen LogP contribution in [0.3, 0.4) is 0 Å². The van der Waals surface area contributed by atoms with Crippen LogP contribution in [0.2, 0.25) is 0 Å². The molecule has 2 aromatic rings. The molecular weight excluding hydrogens is 304 g/mol. The van der Waals surface area contributed by atoms with Crippen LogP contribution in [0.4, 0.5) is 0 Å². The molecule has 0 bridgehead atoms. The molecule has 0 unspecified atom stereocenters. The van der Waals surface area contributed by atoms with Gasteiger partial charge < -0.3 is 5.73 Å². The van der Waals surface area contributed by atoms with Gasteiger partial charge in [0.15, 0.2) is 0 Å². The van der Waals surface area contributed by atoms with Gasteiger partial charge in [0.25, 0.3) is 0 Å². The van der Waals surface area contributed by atoms with Crippen molar-refractivity contribution in [1.82, 2.24) is 4.72 Å². The highest BCUT2D eigenvalue weighted by Crippen LogP contribution is 2.13. The number of hydrogen-bond donors (Lipinski definition) is 2. The second-order valence-corrected chi connectivity index (χ2v) is 6.85. The van der Waals surface area contributed by atoms with Gasteiger partial charge in [-0.15, -0.1) is 0 Å². The summed E-state index contributed by atoms with van der Waals surface area (Å²) in [5.41, 5.74) is 8.03. The fraction of sp³-hybridized carbons (Fsp3) is 0.133. The molecule has 0 spiro atoms. The first-order valence-electron chi connectivity index (χ1n) is 6.34. The molecule has 4 nitrogen and oxygen atoms in total. The van der Waals surface area contributed by atoms with E-state index >= 15 is 0 Å². The van der Waals surface area contributed by atoms with Crippen molar-refractivity contribution in [2.75, 3.05) is 0 Å². The summed E-state index contributed by atoms with van der Waals surface area (Å²) in [4.78, 5) is 0.326. The Hall–Kier alpha value is -1.76. The van der Waals surface area contributed by atoms with E-state index in [1.807, 2.05) is 31.2 Å². The molecule has 0 aromatic heterocycles. The van der Waals surface area contributed by atoms with Gasteiger partial charge >= 0.3 is 0 Å². The fourth-order valence-corrected chi connectivity index (χ4v) is 3.06. The van der Waals surface area contributed by atoms with Crippen molar-refractivity contribution in [2.24, 2.45) is 5.73 Å². The molecule has 3 N–H and O–H groups in total. The van der Waals surface area contributed by atoms with Crippen molar-refractivity contribution in [1.29, 1.82) is 0 Å². The van der Waals surface area contributed by atoms with Crippen LogP contribution in [-0.4, -0.2) is 13.4 Å². The Balaban J connectivity index is 2.21. The van der Waals surface area contributed by atoms with Crippen molar-refractivity contribution >= 4 is 27.2 Å². The summed E-state index contributed by atoms with van der Waals surface area (Å²) in [5, 5.41) is 0. The number of sulfonamides is 1. The summed E-state index contributed by atoms with van der Waals surface area (Å²) >= 11 is 4.87. The zero-order valence-electron chi connectivity index (χ0n) is 11.5. The number of rotatable bonds is 5. The third-order valence-corrected chi connectivity index (χ3v) is 4.78. The van der Waals surface area contributed by atoms with Gasteiger partial charge in [-0.2, -0.15) is 0 Å². The molecular formula is C15H16N2O2S2. The SMILES string of the molecule is Cc1ccccc1CNS(=O)(=O)c1cccc(C(N)=S)c1. The van der Waals surface area contributed by atoms with E-state index in [0.717, 1.165) is 11.1 Å². The lowest BCUT2D eigenvalue weighted by atomic mass is 10.1. The Morgan fingerprint density at radius 2 is 1.90 bits per heavy atom. The molecule has 0 aliphatic rings. The van der Waals surface area contributed by atoms with Gasteiger partial charge in [-0.3, -0.25) is 0 Å². The van der Waals surface area contributed by atoms with E-state index in [-0.39, 0.29) is 16.4 Å². The summed E-state index contributed by atoms with van der Waals surface area (Å²) in [7, 11) is -3.60. The Labute approximate surface area is 130 Å². The highest BCUT2D eigenvalue weighted by molar-refractivity contribution is 7.89. The van der Waals surface area contributed by atoms with E-state index in [1.54, 1.807) is 12.1 Å². The maximum Gasteiger partial charge on any atom is 0.240 e. The van der Waals surface area contributed by atoms with Crippen LogP contribution >= 0.6 is 12.2 Å². The zero-order chi connectivity index (χ0) is 15.5. The van der Waals surface area contributed by atoms with Crippen LogP contribution in [-0.2, 0) is 16.6 Å². The predicted octanol–water partition coefficient (Wildman–Crippen LogP) is 2.11. The minimum absolute atomic E-state index is 0.154. The van der Waals surface area contributed by atoms with E-state index in [2.05, 4.69) is 4.72 Å². The summed E-state index contributed by atoms with van der Waals surface area (Å²) in [5.74, 6) is 0. The van der Waals surface area contributed by atoms with E-state index in [9.17, 15) is 8.42 Å². The van der Waals surface area contributed by atoms with Gasteiger partial charge in [0.05, 0.1) is 4.90 Å². The van der Waals surface area contributed by atoms with Crippen molar-refractivity contribution < 1.29 is 8.42 Å². The lowest BCUT2D eigenvalue weighted by Gasteiger charge is -2.09. The first-order chi connectivity index (χ1) is 9.90. The van der Waals surface area contributed by atoms with E-state index in [0.29, 0.717) is 5.56 Å². The zero-order valence-corrected chi connectivity index (χ0v) is 13.2. The average Bonchev–Trinajstić information content (AvgIpc) is 2.46. The third-order valence-electron chi connectivity index (χ3n) is 3.14. The van der Waals surface area contributed by atoms with Crippen LogP contribution in [0.1, 0.15) is 16.7 Å². The van der Waals surface area contributed by atoms with E-state index in [1.165, 1.54) is 12.1 Å². The number of nitrogens with two attached hydrogens (primary N) is 1. The molecule has 0 aliphatic carbocycles. The topological polar surface area (TPSA) is 72.2 Å². The fourth-order valence-electron chi connectivity index (χ4n) is 1.88. The second-order valence-electron chi connectivity index (χ2n) is 4.64. The molecule has 0 atom stereocenters. The van der Waals surface area contributed by atoms with Crippen molar-refractivity contribution in [3.05, 3.63) is 65.2 Å². The van der Waals surface area contributed by atoms with Crippen LogP contribution in [0, 0.1) is 6.92 Å². The largest absolute Gasteiger partial charge is 0.389 e. The van der Waals surface area contributed by atoms with Gasteiger partial charge in [0.1, 0.15) is 4.99 Å². The standard InChI is InChI=1S/C15H16N2O2S2/c1-11-5-2-3-6-13(11)10-17-21(18,19)14-8-4-7-12(9-14)15(16)20/h2-9,17H,10H2,1H3,(H2,16,20). The molecule has 0 fully saturated rings. The minimum atomic E-state index is -3.60. The number of aryl methyl sites for hydroxylation is 1. The summed E-state index contributed by atoms with van der Waals surface area (Å²) < 4.78 is 27.2. The molecule has 0 saturated heterocycles. The summed E-state index contributed by atoms with van der Waals surface area (Å²) in [6.07, 6.45) is 0. The Bertz CT molecular complexity index is 771. The average molecular weight is 320 g/mol. The molecule has 110 valence electrons. The second kappa shape index (κ2) is 6.34. The molecule has 0 heterocycles. The highest BCUT2D eigenvalue weighted by atomic mass is 32.2. The van der Waals surface area contributed by atoms with Crippen LogP contribution < -0.4 is 10.5 Å². The van der Waals surface area contributed by atoms with Crippen molar-refractivity contribution in [2.45, 2.75) is 18.4 Å². The van der Waals surface area contributed by atoms with Crippen LogP contribution in [0.5, 0.6) is 0 Å². The predicted molar refractivity (Wildman–Crippen MR) is 87.5 cm³/mol. The molecule has 0 aliphatic heterocycles. The monoisotopic (exact) mass is 320 g/mol. The van der Waals surface area contributed by atoms with Crippen LogP contribution in [0.15, 0.2) is 53.4 Å². The lowest BCUT2D eigenvalue weighted by Crippen LogP contribution is -2.24. The minimum Gasteiger partial charge on any atom is -0.389 e. The highest BCUT2D eigenvalue weighted by Gasteiger charge is 2.15. The van der Waals surface area contributed by atoms with Gasteiger partial charge in [0, 0.05) is 12.1 Å². The molecule has 0 saturated carbocycles. The Morgan fingerprint density at radius 3 is 2.57 bits per heavy atom. The number of hydrogen-bond acceptors (Lipinski definition) is 3. The van der Waals surface area contributed by atoms with Gasteiger partial charge in [-0.05, 0) is 30.2 Å². The number of nitrogens with one attached hydrogen (secondary N) is 1. The maximum absolute atomic E-state index is 12.3. The maximum atomic E-state index is 12.3. The molecule has 2 aromatic carbocycles. The van der Waals surface area contributed by atoms with E-state index in [4.69, 9.17) is 18.0 Å². The van der Waals surface area contributed by atoms with Gasteiger partial charge in [-0.25, -0.2) is 13.1 Å². The summed E-state index contributed by atoms with van der Waals surface area (Å²) in [6.45, 7) is 2.18. The molecule has 21 heavy (non-hydrogen) atoms. The number of thiocarbonyl (C=S) groups is 1. The molecule has 2 rings (SSSR count). The van der Waals surface area contributed by atoms with Crippen LogP contribution in [0.25, 0.3) is 0 Å². The van der Waals surface area contributed by atoms with E-state index < -0.39 is 10.0 Å². The smallest absolute Gasteiger partial charge is 0.240 e. The summed E-state index contributed by atoms with van der Waals surface area (Å²) in [6, 6.07) is 13.9. The van der Waals surface area contributed by atoms with Gasteiger partial charge in [0.2, 0.25) is 10.0 Å². The van der Waals surface area contributed by atoms with Crippen molar-refractivity contribution in [3.63, 3.8) is 0 Å². The molecule has 6 heteroatoms. The number of benzene rings is 2. The first-order valence-corrected chi connectivity index (χ1v) is 8.23. The molecule has 0 amide bonds. The Morgan fingerprint density at radius 1 is 1.19 bits per heavy atom.